The van der Waals surface area contributed by atoms with Crippen molar-refractivity contribution in [3.05, 3.63) is 35.4 Å². The van der Waals surface area contributed by atoms with E-state index in [9.17, 15) is 5.11 Å². The summed E-state index contributed by atoms with van der Waals surface area (Å²) in [6.07, 6.45) is 7.97. The van der Waals surface area contributed by atoms with Crippen molar-refractivity contribution in [3.8, 4) is 0 Å². The zero-order chi connectivity index (χ0) is 12.1. The van der Waals surface area contributed by atoms with Crippen LogP contribution in [0.3, 0.4) is 0 Å². The molecule has 3 atom stereocenters. The van der Waals surface area contributed by atoms with Gasteiger partial charge in [0.15, 0.2) is 0 Å². The Hall–Kier alpha value is -0.820. The van der Waals surface area contributed by atoms with Crippen LogP contribution >= 0.6 is 0 Å². The Labute approximate surface area is 109 Å². The van der Waals surface area contributed by atoms with E-state index in [1.807, 2.05) is 0 Å². The lowest BCUT2D eigenvalue weighted by Crippen LogP contribution is -2.10. The molecule has 1 aromatic carbocycles. The number of aliphatic hydroxyl groups excluding tert-OH is 1. The van der Waals surface area contributed by atoms with Gasteiger partial charge in [0, 0.05) is 0 Å². The molecule has 0 heterocycles. The van der Waals surface area contributed by atoms with Gasteiger partial charge in [-0.3, -0.25) is 0 Å². The molecule has 4 rings (SSSR count). The van der Waals surface area contributed by atoms with Gasteiger partial charge in [-0.25, -0.2) is 0 Å². The average molecular weight is 242 g/mol. The third kappa shape index (κ3) is 1.64. The molecule has 0 amide bonds. The Bertz CT molecular complexity index is 439. The van der Waals surface area contributed by atoms with Crippen LogP contribution in [0.2, 0.25) is 0 Å². The summed E-state index contributed by atoms with van der Waals surface area (Å²) < 4.78 is 0. The lowest BCUT2D eigenvalue weighted by molar-refractivity contribution is 0.137. The maximum Gasteiger partial charge on any atom is 0.0823 e. The smallest absolute Gasteiger partial charge is 0.0823 e. The van der Waals surface area contributed by atoms with Crippen molar-refractivity contribution in [2.24, 2.45) is 17.8 Å². The highest BCUT2D eigenvalue weighted by Crippen LogP contribution is 2.62. The van der Waals surface area contributed by atoms with E-state index in [0.29, 0.717) is 5.92 Å². The van der Waals surface area contributed by atoms with Crippen molar-refractivity contribution in [2.75, 3.05) is 0 Å². The van der Waals surface area contributed by atoms with E-state index in [0.717, 1.165) is 17.8 Å². The molecule has 0 aliphatic heterocycles. The summed E-state index contributed by atoms with van der Waals surface area (Å²) in [5.74, 6) is 3.03. The predicted octanol–water partition coefficient (Wildman–Crippen LogP) is 4.03. The minimum Gasteiger partial charge on any atom is -0.388 e. The molecule has 1 aromatic rings. The average Bonchev–Trinajstić information content (AvgIpc) is 2.79. The molecule has 0 spiro atoms. The molecule has 3 unspecified atom stereocenters. The van der Waals surface area contributed by atoms with E-state index in [2.05, 4.69) is 24.3 Å². The highest BCUT2D eigenvalue weighted by Gasteiger charge is 2.55. The Morgan fingerprint density at radius 2 is 1.72 bits per heavy atom. The summed E-state index contributed by atoms with van der Waals surface area (Å²) in [4.78, 5) is 0. The van der Waals surface area contributed by atoms with Gasteiger partial charge in [0.2, 0.25) is 0 Å². The molecule has 3 aliphatic rings. The highest BCUT2D eigenvalue weighted by atomic mass is 16.3. The largest absolute Gasteiger partial charge is 0.388 e. The van der Waals surface area contributed by atoms with Crippen molar-refractivity contribution in [3.63, 3.8) is 0 Å². The summed E-state index contributed by atoms with van der Waals surface area (Å²) >= 11 is 0. The molecule has 18 heavy (non-hydrogen) atoms. The van der Waals surface area contributed by atoms with Crippen LogP contribution in [0, 0.1) is 17.8 Å². The van der Waals surface area contributed by atoms with Crippen molar-refractivity contribution in [2.45, 2.75) is 50.5 Å². The van der Waals surface area contributed by atoms with E-state index in [-0.39, 0.29) is 6.10 Å². The summed E-state index contributed by atoms with van der Waals surface area (Å²) in [5, 5.41) is 10.6. The first-order valence-corrected chi connectivity index (χ1v) is 7.62. The van der Waals surface area contributed by atoms with Gasteiger partial charge >= 0.3 is 0 Å². The van der Waals surface area contributed by atoms with Crippen molar-refractivity contribution in [1.82, 2.24) is 0 Å². The maximum absolute atomic E-state index is 10.6. The van der Waals surface area contributed by atoms with E-state index in [1.54, 1.807) is 0 Å². The zero-order valence-corrected chi connectivity index (χ0v) is 10.9. The molecule has 1 heteroatoms. The third-order valence-electron chi connectivity index (χ3n) is 5.67. The van der Waals surface area contributed by atoms with Crippen LogP contribution in [0.5, 0.6) is 0 Å². The fourth-order valence-corrected chi connectivity index (χ4v) is 4.31. The lowest BCUT2D eigenvalue weighted by Gasteiger charge is -2.26. The normalized spacial score (nSPS) is 35.9. The molecular weight excluding hydrogens is 220 g/mol. The van der Waals surface area contributed by atoms with Gasteiger partial charge in [0.25, 0.3) is 0 Å². The van der Waals surface area contributed by atoms with Crippen LogP contribution in [-0.4, -0.2) is 5.11 Å². The van der Waals surface area contributed by atoms with Gasteiger partial charge in [-0.1, -0.05) is 37.1 Å². The van der Waals surface area contributed by atoms with E-state index in [1.165, 1.54) is 49.7 Å². The summed E-state index contributed by atoms with van der Waals surface area (Å²) in [5.41, 5.74) is 2.64. The number of benzene rings is 1. The fraction of sp³-hybridized carbons (Fsp3) is 0.647. The molecule has 3 aliphatic carbocycles. The standard InChI is InChI=1S/C17H22O/c18-17(16-14-8-3-9-15(14)16)13-7-2-6-12(10-13)11-4-1-5-11/h2,6-7,10-11,14-18H,1,3-5,8-9H2. The van der Waals surface area contributed by atoms with Gasteiger partial charge in [0.05, 0.1) is 6.10 Å². The quantitative estimate of drug-likeness (QED) is 0.848. The maximum atomic E-state index is 10.6. The number of aliphatic hydroxyl groups is 1. The third-order valence-corrected chi connectivity index (χ3v) is 5.67. The van der Waals surface area contributed by atoms with Gasteiger partial charge in [0.1, 0.15) is 0 Å². The molecule has 0 aromatic heterocycles. The van der Waals surface area contributed by atoms with Gasteiger partial charge in [-0.2, -0.15) is 0 Å². The van der Waals surface area contributed by atoms with Crippen LogP contribution in [0.4, 0.5) is 0 Å². The minimum absolute atomic E-state index is 0.194. The number of fused-ring (bicyclic) bond motifs is 1. The van der Waals surface area contributed by atoms with E-state index in [4.69, 9.17) is 0 Å². The Morgan fingerprint density at radius 3 is 2.39 bits per heavy atom. The Balaban J connectivity index is 1.53. The van der Waals surface area contributed by atoms with Crippen LogP contribution in [0.25, 0.3) is 0 Å². The zero-order valence-electron chi connectivity index (χ0n) is 10.9. The monoisotopic (exact) mass is 242 g/mol. The first kappa shape index (κ1) is 11.0. The van der Waals surface area contributed by atoms with Gasteiger partial charge in [-0.05, 0) is 60.5 Å². The molecular formula is C17H22O. The highest BCUT2D eigenvalue weighted by molar-refractivity contribution is 5.30. The van der Waals surface area contributed by atoms with Crippen LogP contribution < -0.4 is 0 Å². The number of hydrogen-bond donors (Lipinski definition) is 1. The van der Waals surface area contributed by atoms with Gasteiger partial charge < -0.3 is 5.11 Å². The first-order chi connectivity index (χ1) is 8.84. The Kier molecular flexibility index (Phi) is 2.51. The van der Waals surface area contributed by atoms with Crippen molar-refractivity contribution < 1.29 is 5.11 Å². The lowest BCUT2D eigenvalue weighted by atomic mass is 9.79. The van der Waals surface area contributed by atoms with Crippen LogP contribution in [0.1, 0.15) is 61.7 Å². The molecule has 3 fully saturated rings. The fourth-order valence-electron chi connectivity index (χ4n) is 4.31. The molecule has 3 saturated carbocycles. The molecule has 1 N–H and O–H groups in total. The summed E-state index contributed by atoms with van der Waals surface area (Å²) in [6, 6.07) is 8.79. The topological polar surface area (TPSA) is 20.2 Å². The van der Waals surface area contributed by atoms with Crippen molar-refractivity contribution in [1.29, 1.82) is 0 Å². The van der Waals surface area contributed by atoms with Crippen molar-refractivity contribution >= 4 is 0 Å². The van der Waals surface area contributed by atoms with Crippen LogP contribution in [0.15, 0.2) is 24.3 Å². The second kappa shape index (κ2) is 4.09. The molecule has 96 valence electrons. The molecule has 0 saturated heterocycles. The van der Waals surface area contributed by atoms with E-state index < -0.39 is 0 Å². The Morgan fingerprint density at radius 1 is 1.00 bits per heavy atom. The minimum atomic E-state index is -0.194. The van der Waals surface area contributed by atoms with Crippen LogP contribution in [-0.2, 0) is 0 Å². The number of rotatable bonds is 3. The SMILES string of the molecule is OC(c1cccc(C2CCC2)c1)C1C2CCCC21. The van der Waals surface area contributed by atoms with E-state index >= 15 is 0 Å². The summed E-state index contributed by atoms with van der Waals surface area (Å²) in [6.45, 7) is 0. The predicted molar refractivity (Wildman–Crippen MR) is 72.3 cm³/mol. The number of hydrogen-bond acceptors (Lipinski definition) is 1. The summed E-state index contributed by atoms with van der Waals surface area (Å²) in [7, 11) is 0. The molecule has 1 nitrogen and oxygen atoms in total. The first-order valence-electron chi connectivity index (χ1n) is 7.62. The molecule has 0 bridgehead atoms. The van der Waals surface area contributed by atoms with Gasteiger partial charge in [-0.15, -0.1) is 0 Å². The second-order valence-corrected chi connectivity index (χ2v) is 6.58. The second-order valence-electron chi connectivity index (χ2n) is 6.58. The molecule has 0 radical (unpaired) electrons.